The summed E-state index contributed by atoms with van der Waals surface area (Å²) in [6.45, 7) is 1.37. The lowest BCUT2D eigenvalue weighted by Gasteiger charge is -2.15. The summed E-state index contributed by atoms with van der Waals surface area (Å²) in [5.41, 5.74) is 6.67. The van der Waals surface area contributed by atoms with Crippen LogP contribution in [0.5, 0.6) is 0 Å². The molecule has 1 aliphatic heterocycles. The SMILES string of the molecule is CN1CC(=O)N(c2cccc(Nc3ncc(Br)c(NCCCN)n3)c2)C1=O. The Balaban J connectivity index is 1.78. The quantitative estimate of drug-likeness (QED) is 0.452. The van der Waals surface area contributed by atoms with E-state index in [-0.39, 0.29) is 18.5 Å². The van der Waals surface area contributed by atoms with Gasteiger partial charge in [-0.25, -0.2) is 14.7 Å². The maximum Gasteiger partial charge on any atom is 0.331 e. The smallest absolute Gasteiger partial charge is 0.331 e. The number of nitrogens with zero attached hydrogens (tertiary/aromatic N) is 4. The van der Waals surface area contributed by atoms with E-state index >= 15 is 0 Å². The number of likely N-dealkylation sites (N-methyl/N-ethyl adjacent to an activating group) is 1. The van der Waals surface area contributed by atoms with Crippen molar-refractivity contribution in [2.45, 2.75) is 6.42 Å². The Bertz CT molecular complexity index is 861. The summed E-state index contributed by atoms with van der Waals surface area (Å²) < 4.78 is 0.745. The van der Waals surface area contributed by atoms with E-state index in [0.29, 0.717) is 36.2 Å². The summed E-state index contributed by atoms with van der Waals surface area (Å²) >= 11 is 3.41. The van der Waals surface area contributed by atoms with Gasteiger partial charge in [0.15, 0.2) is 0 Å². The molecule has 27 heavy (non-hydrogen) atoms. The molecule has 0 unspecified atom stereocenters. The van der Waals surface area contributed by atoms with Crippen molar-refractivity contribution in [1.29, 1.82) is 0 Å². The number of hydrogen-bond acceptors (Lipinski definition) is 7. The van der Waals surface area contributed by atoms with E-state index in [1.165, 1.54) is 4.90 Å². The number of urea groups is 1. The number of aromatic nitrogens is 2. The molecule has 3 amide bonds. The van der Waals surface area contributed by atoms with Crippen LogP contribution in [0.3, 0.4) is 0 Å². The third-order valence-corrected chi connectivity index (χ3v) is 4.50. The predicted molar refractivity (Wildman–Crippen MR) is 107 cm³/mol. The Labute approximate surface area is 165 Å². The van der Waals surface area contributed by atoms with Gasteiger partial charge in [-0.2, -0.15) is 4.98 Å². The number of nitrogens with two attached hydrogens (primary N) is 1. The highest BCUT2D eigenvalue weighted by Crippen LogP contribution is 2.26. The van der Waals surface area contributed by atoms with Crippen LogP contribution in [0.4, 0.5) is 27.9 Å². The Kier molecular flexibility index (Phi) is 5.87. The zero-order chi connectivity index (χ0) is 19.4. The van der Waals surface area contributed by atoms with E-state index in [1.807, 2.05) is 6.07 Å². The first-order chi connectivity index (χ1) is 13.0. The molecule has 0 spiro atoms. The van der Waals surface area contributed by atoms with Gasteiger partial charge < -0.3 is 21.3 Å². The summed E-state index contributed by atoms with van der Waals surface area (Å²) in [5.74, 6) is 0.788. The normalized spacial score (nSPS) is 14.0. The van der Waals surface area contributed by atoms with Crippen LogP contribution < -0.4 is 21.3 Å². The van der Waals surface area contributed by atoms with Crippen molar-refractivity contribution in [2.75, 3.05) is 42.2 Å². The minimum Gasteiger partial charge on any atom is -0.369 e. The molecular formula is C17H20BrN7O2. The second-order valence-corrected chi connectivity index (χ2v) is 6.86. The third kappa shape index (κ3) is 4.34. The van der Waals surface area contributed by atoms with E-state index in [9.17, 15) is 9.59 Å². The lowest BCUT2D eigenvalue weighted by atomic mass is 10.2. The van der Waals surface area contributed by atoms with Crippen molar-refractivity contribution in [1.82, 2.24) is 14.9 Å². The van der Waals surface area contributed by atoms with Gasteiger partial charge >= 0.3 is 6.03 Å². The standard InChI is InChI=1S/C17H20BrN7O2/c1-24-10-14(26)25(17(24)27)12-5-2-4-11(8-12)22-16-21-9-13(18)15(23-16)20-7-3-6-19/h2,4-5,8-9H,3,6-7,10,19H2,1H3,(H2,20,21,22,23). The lowest BCUT2D eigenvalue weighted by Crippen LogP contribution is -2.31. The number of amides is 3. The van der Waals surface area contributed by atoms with Gasteiger partial charge in [0, 0.05) is 25.5 Å². The molecule has 1 aromatic heterocycles. The summed E-state index contributed by atoms with van der Waals surface area (Å²) in [5, 5.41) is 6.29. The molecule has 4 N–H and O–H groups in total. The Morgan fingerprint density at radius 2 is 2.15 bits per heavy atom. The zero-order valence-electron chi connectivity index (χ0n) is 14.8. The van der Waals surface area contributed by atoms with Gasteiger partial charge in [0.05, 0.1) is 10.2 Å². The first-order valence-electron chi connectivity index (χ1n) is 8.41. The molecule has 2 aromatic rings. The minimum absolute atomic E-state index is 0.0736. The van der Waals surface area contributed by atoms with Crippen molar-refractivity contribution >= 4 is 51.0 Å². The zero-order valence-corrected chi connectivity index (χ0v) is 16.4. The van der Waals surface area contributed by atoms with Crippen LogP contribution in [-0.4, -0.2) is 53.5 Å². The average molecular weight is 434 g/mol. The fourth-order valence-corrected chi connectivity index (χ4v) is 2.92. The Morgan fingerprint density at radius 3 is 2.85 bits per heavy atom. The van der Waals surface area contributed by atoms with Gasteiger partial charge in [0.25, 0.3) is 5.91 Å². The molecule has 0 bridgehead atoms. The highest BCUT2D eigenvalue weighted by atomic mass is 79.9. The lowest BCUT2D eigenvalue weighted by molar-refractivity contribution is -0.116. The molecular weight excluding hydrogens is 414 g/mol. The summed E-state index contributed by atoms with van der Waals surface area (Å²) in [4.78, 5) is 35.4. The second kappa shape index (κ2) is 8.31. The number of nitrogens with one attached hydrogen (secondary N) is 2. The van der Waals surface area contributed by atoms with E-state index in [1.54, 1.807) is 31.4 Å². The van der Waals surface area contributed by atoms with Crippen LogP contribution >= 0.6 is 15.9 Å². The molecule has 10 heteroatoms. The van der Waals surface area contributed by atoms with Crippen LogP contribution in [0.15, 0.2) is 34.9 Å². The molecule has 1 fully saturated rings. The number of halogens is 1. The first-order valence-corrected chi connectivity index (χ1v) is 9.20. The number of benzene rings is 1. The van der Waals surface area contributed by atoms with Gasteiger partial charge in [0.2, 0.25) is 5.95 Å². The molecule has 2 heterocycles. The maximum absolute atomic E-state index is 12.2. The highest BCUT2D eigenvalue weighted by Gasteiger charge is 2.34. The number of imide groups is 1. The predicted octanol–water partition coefficient (Wildman–Crippen LogP) is 2.14. The molecule has 3 rings (SSSR count). The van der Waals surface area contributed by atoms with Gasteiger partial charge in [-0.1, -0.05) is 6.07 Å². The molecule has 1 aromatic carbocycles. The minimum atomic E-state index is -0.344. The number of carbonyl (C=O) groups excluding carboxylic acids is 2. The third-order valence-electron chi connectivity index (χ3n) is 3.92. The van der Waals surface area contributed by atoms with Crippen LogP contribution in [0.2, 0.25) is 0 Å². The fourth-order valence-electron chi connectivity index (χ4n) is 2.59. The number of anilines is 4. The van der Waals surface area contributed by atoms with Crippen molar-refractivity contribution < 1.29 is 9.59 Å². The fraction of sp³-hybridized carbons (Fsp3) is 0.294. The van der Waals surface area contributed by atoms with E-state index in [2.05, 4.69) is 36.5 Å². The Hall–Kier alpha value is -2.72. The van der Waals surface area contributed by atoms with Crippen molar-refractivity contribution in [2.24, 2.45) is 5.73 Å². The molecule has 0 atom stereocenters. The summed E-state index contributed by atoms with van der Waals surface area (Å²) in [6, 6.07) is 6.65. The van der Waals surface area contributed by atoms with E-state index in [4.69, 9.17) is 5.73 Å². The topological polar surface area (TPSA) is 116 Å². The van der Waals surface area contributed by atoms with Crippen molar-refractivity contribution in [3.05, 3.63) is 34.9 Å². The molecule has 0 saturated carbocycles. The van der Waals surface area contributed by atoms with Crippen LogP contribution in [-0.2, 0) is 4.79 Å². The molecule has 1 saturated heterocycles. The first kappa shape index (κ1) is 19.1. The molecule has 142 valence electrons. The van der Waals surface area contributed by atoms with Crippen LogP contribution in [0.1, 0.15) is 6.42 Å². The average Bonchev–Trinajstić information content (AvgIpc) is 2.90. The van der Waals surface area contributed by atoms with Gasteiger partial charge in [0.1, 0.15) is 12.4 Å². The molecule has 0 aliphatic carbocycles. The van der Waals surface area contributed by atoms with E-state index in [0.717, 1.165) is 15.8 Å². The number of carbonyl (C=O) groups is 2. The van der Waals surface area contributed by atoms with Crippen LogP contribution in [0.25, 0.3) is 0 Å². The van der Waals surface area contributed by atoms with Crippen molar-refractivity contribution in [3.63, 3.8) is 0 Å². The van der Waals surface area contributed by atoms with Gasteiger partial charge in [-0.3, -0.25) is 4.79 Å². The highest BCUT2D eigenvalue weighted by molar-refractivity contribution is 9.10. The summed E-state index contributed by atoms with van der Waals surface area (Å²) in [6.07, 6.45) is 2.47. The van der Waals surface area contributed by atoms with Gasteiger partial charge in [-0.15, -0.1) is 0 Å². The Morgan fingerprint density at radius 1 is 1.33 bits per heavy atom. The summed E-state index contributed by atoms with van der Waals surface area (Å²) in [7, 11) is 1.59. The van der Waals surface area contributed by atoms with E-state index < -0.39 is 0 Å². The second-order valence-electron chi connectivity index (χ2n) is 6.00. The van der Waals surface area contributed by atoms with Crippen LogP contribution in [0, 0.1) is 0 Å². The maximum atomic E-state index is 12.2. The number of hydrogen-bond donors (Lipinski definition) is 3. The van der Waals surface area contributed by atoms with Gasteiger partial charge in [-0.05, 0) is 47.1 Å². The van der Waals surface area contributed by atoms with Crippen molar-refractivity contribution in [3.8, 4) is 0 Å². The monoisotopic (exact) mass is 433 g/mol. The molecule has 0 radical (unpaired) electrons. The number of rotatable bonds is 7. The molecule has 1 aliphatic rings. The molecule has 9 nitrogen and oxygen atoms in total. The largest absolute Gasteiger partial charge is 0.369 e.